The Morgan fingerprint density at radius 1 is 1.12 bits per heavy atom. The van der Waals surface area contributed by atoms with Crippen molar-refractivity contribution in [2.45, 2.75) is 25.1 Å². The highest BCUT2D eigenvalue weighted by Gasteiger charge is 2.29. The average molecular weight is 240 g/mol. The summed E-state index contributed by atoms with van der Waals surface area (Å²) in [5.41, 5.74) is -0.716. The molecule has 0 amide bonds. The van der Waals surface area contributed by atoms with Gasteiger partial charge in [0.25, 0.3) is 0 Å². The highest BCUT2D eigenvalue weighted by Crippen LogP contribution is 2.29. The molecule has 1 nitrogen and oxygen atoms in total. The molecule has 0 aromatic heterocycles. The van der Waals surface area contributed by atoms with E-state index in [-0.39, 0.29) is 0 Å². The number of halogens is 5. The minimum Gasteiger partial charge on any atom is -0.388 e. The Morgan fingerprint density at radius 3 is 2.06 bits per heavy atom. The van der Waals surface area contributed by atoms with E-state index < -0.39 is 42.3 Å². The molecule has 0 spiro atoms. The van der Waals surface area contributed by atoms with Crippen LogP contribution in [0, 0.1) is 11.6 Å². The van der Waals surface area contributed by atoms with E-state index in [1.54, 1.807) is 0 Å². The third-order valence-electron chi connectivity index (χ3n) is 2.03. The Kier molecular flexibility index (Phi) is 3.85. The number of hydrogen-bond acceptors (Lipinski definition) is 1. The van der Waals surface area contributed by atoms with Gasteiger partial charge in [-0.2, -0.15) is 13.2 Å². The van der Waals surface area contributed by atoms with Crippen LogP contribution in [0.25, 0.3) is 0 Å². The Balaban J connectivity index is 2.77. The van der Waals surface area contributed by atoms with Gasteiger partial charge in [-0.3, -0.25) is 0 Å². The second-order valence-corrected chi connectivity index (χ2v) is 3.30. The largest absolute Gasteiger partial charge is 0.389 e. The fourth-order valence-corrected chi connectivity index (χ4v) is 1.27. The normalized spacial score (nSPS) is 13.9. The van der Waals surface area contributed by atoms with Crippen LogP contribution < -0.4 is 0 Å². The standard InChI is InChI=1S/C10H9F5O/c11-6-2-1-3-7(12)9(6)8(16)4-5-10(13,14)15/h1-3,8,16H,4-5H2. The van der Waals surface area contributed by atoms with Crippen LogP contribution in [0.3, 0.4) is 0 Å². The van der Waals surface area contributed by atoms with Crippen molar-refractivity contribution < 1.29 is 27.1 Å². The topological polar surface area (TPSA) is 20.2 Å². The first kappa shape index (κ1) is 12.9. The Hall–Kier alpha value is -1.17. The molecule has 0 aliphatic heterocycles. The molecular formula is C10H9F5O. The third kappa shape index (κ3) is 3.44. The minimum absolute atomic E-state index is 0.716. The quantitative estimate of drug-likeness (QED) is 0.803. The molecule has 1 unspecified atom stereocenters. The highest BCUT2D eigenvalue weighted by molar-refractivity contribution is 5.21. The Labute approximate surface area is 88.5 Å². The van der Waals surface area contributed by atoms with Gasteiger partial charge in [0.05, 0.1) is 11.7 Å². The van der Waals surface area contributed by atoms with Gasteiger partial charge in [-0.1, -0.05) is 6.07 Å². The number of aliphatic hydroxyl groups is 1. The molecule has 1 aromatic rings. The summed E-state index contributed by atoms with van der Waals surface area (Å²) in [6.45, 7) is 0. The van der Waals surface area contributed by atoms with E-state index >= 15 is 0 Å². The zero-order valence-electron chi connectivity index (χ0n) is 8.06. The lowest BCUT2D eigenvalue weighted by molar-refractivity contribution is -0.140. The molecule has 90 valence electrons. The summed E-state index contributed by atoms with van der Waals surface area (Å²) in [5, 5.41) is 9.27. The van der Waals surface area contributed by atoms with Crippen LogP contribution in [-0.4, -0.2) is 11.3 Å². The van der Waals surface area contributed by atoms with Gasteiger partial charge in [-0.15, -0.1) is 0 Å². The first-order chi connectivity index (χ1) is 7.31. The van der Waals surface area contributed by atoms with E-state index in [1.165, 1.54) is 0 Å². The zero-order chi connectivity index (χ0) is 12.3. The molecule has 0 aliphatic carbocycles. The van der Waals surface area contributed by atoms with Gasteiger partial charge in [0, 0.05) is 6.42 Å². The number of alkyl halides is 3. The second kappa shape index (κ2) is 4.78. The maximum Gasteiger partial charge on any atom is 0.389 e. The lowest BCUT2D eigenvalue weighted by Gasteiger charge is -2.13. The predicted octanol–water partition coefficient (Wildman–Crippen LogP) is 3.34. The maximum atomic E-state index is 13.0. The van der Waals surface area contributed by atoms with Crippen LogP contribution in [0.5, 0.6) is 0 Å². The highest BCUT2D eigenvalue weighted by atomic mass is 19.4. The van der Waals surface area contributed by atoms with Crippen LogP contribution in [0.1, 0.15) is 24.5 Å². The molecule has 0 saturated carbocycles. The average Bonchev–Trinajstić information content (AvgIpc) is 2.13. The van der Waals surface area contributed by atoms with Gasteiger partial charge in [0.2, 0.25) is 0 Å². The number of benzene rings is 1. The Bertz CT molecular complexity index is 340. The van der Waals surface area contributed by atoms with E-state index in [4.69, 9.17) is 0 Å². The molecule has 1 aromatic carbocycles. The van der Waals surface area contributed by atoms with E-state index in [0.717, 1.165) is 18.2 Å². The summed E-state index contributed by atoms with van der Waals surface area (Å²) in [5.74, 6) is -2.09. The van der Waals surface area contributed by atoms with Gasteiger partial charge >= 0.3 is 6.18 Å². The molecule has 0 heterocycles. The van der Waals surface area contributed by atoms with Crippen LogP contribution >= 0.6 is 0 Å². The van der Waals surface area contributed by atoms with E-state index in [9.17, 15) is 27.1 Å². The summed E-state index contributed by atoms with van der Waals surface area (Å²) in [6.07, 6.45) is -8.30. The van der Waals surface area contributed by atoms with Crippen LogP contribution in [-0.2, 0) is 0 Å². The van der Waals surface area contributed by atoms with E-state index in [0.29, 0.717) is 0 Å². The zero-order valence-corrected chi connectivity index (χ0v) is 8.06. The fourth-order valence-electron chi connectivity index (χ4n) is 1.27. The lowest BCUT2D eigenvalue weighted by atomic mass is 10.0. The third-order valence-corrected chi connectivity index (χ3v) is 2.03. The van der Waals surface area contributed by atoms with Crippen molar-refractivity contribution in [2.24, 2.45) is 0 Å². The molecule has 1 N–H and O–H groups in total. The summed E-state index contributed by atoms with van der Waals surface area (Å²) < 4.78 is 61.6. The van der Waals surface area contributed by atoms with Gasteiger partial charge in [-0.25, -0.2) is 8.78 Å². The molecule has 0 bridgehead atoms. The molecule has 0 fully saturated rings. The summed E-state index contributed by atoms with van der Waals surface area (Å²) in [7, 11) is 0. The van der Waals surface area contributed by atoms with Crippen molar-refractivity contribution in [3.63, 3.8) is 0 Å². The van der Waals surface area contributed by atoms with Crippen molar-refractivity contribution >= 4 is 0 Å². The van der Waals surface area contributed by atoms with Gasteiger partial charge in [0.15, 0.2) is 0 Å². The van der Waals surface area contributed by atoms with Crippen molar-refractivity contribution in [3.05, 3.63) is 35.4 Å². The van der Waals surface area contributed by atoms with Crippen LogP contribution in [0.4, 0.5) is 22.0 Å². The predicted molar refractivity (Wildman–Crippen MR) is 46.6 cm³/mol. The van der Waals surface area contributed by atoms with Gasteiger partial charge in [0.1, 0.15) is 11.6 Å². The van der Waals surface area contributed by atoms with Gasteiger partial charge < -0.3 is 5.11 Å². The first-order valence-electron chi connectivity index (χ1n) is 4.50. The van der Waals surface area contributed by atoms with Gasteiger partial charge in [-0.05, 0) is 18.6 Å². The Morgan fingerprint density at radius 2 is 1.62 bits per heavy atom. The maximum absolute atomic E-state index is 13.0. The number of aliphatic hydroxyl groups excluding tert-OH is 1. The molecule has 0 aliphatic rings. The molecule has 1 atom stereocenters. The first-order valence-corrected chi connectivity index (χ1v) is 4.50. The summed E-state index contributed by atoms with van der Waals surface area (Å²) in [6, 6.07) is 2.84. The molecule has 16 heavy (non-hydrogen) atoms. The van der Waals surface area contributed by atoms with Crippen LogP contribution in [0.2, 0.25) is 0 Å². The van der Waals surface area contributed by atoms with Crippen molar-refractivity contribution in [1.82, 2.24) is 0 Å². The summed E-state index contributed by atoms with van der Waals surface area (Å²) in [4.78, 5) is 0. The van der Waals surface area contributed by atoms with Crippen LogP contribution in [0.15, 0.2) is 18.2 Å². The monoisotopic (exact) mass is 240 g/mol. The smallest absolute Gasteiger partial charge is 0.388 e. The fraction of sp³-hybridized carbons (Fsp3) is 0.400. The van der Waals surface area contributed by atoms with Crippen molar-refractivity contribution in [3.8, 4) is 0 Å². The lowest BCUT2D eigenvalue weighted by Crippen LogP contribution is -2.11. The second-order valence-electron chi connectivity index (χ2n) is 3.30. The number of rotatable bonds is 3. The molecule has 0 radical (unpaired) electrons. The van der Waals surface area contributed by atoms with E-state index in [1.807, 2.05) is 0 Å². The minimum atomic E-state index is -4.46. The van der Waals surface area contributed by atoms with E-state index in [2.05, 4.69) is 0 Å². The summed E-state index contributed by atoms with van der Waals surface area (Å²) >= 11 is 0. The van der Waals surface area contributed by atoms with Crippen molar-refractivity contribution in [2.75, 3.05) is 0 Å². The molecule has 0 saturated heterocycles. The molecule has 1 rings (SSSR count). The number of hydrogen-bond donors (Lipinski definition) is 1. The SMILES string of the molecule is OC(CCC(F)(F)F)c1c(F)cccc1F. The van der Waals surface area contributed by atoms with Crippen molar-refractivity contribution in [1.29, 1.82) is 0 Å². The molecular weight excluding hydrogens is 231 g/mol. The molecule has 6 heteroatoms.